The molecule has 1 saturated heterocycles. The van der Waals surface area contributed by atoms with Crippen molar-refractivity contribution in [1.29, 1.82) is 0 Å². The molecular formula is C20H22Cl2N2O3S2. The topological polar surface area (TPSA) is 66.5 Å². The molecule has 0 atom stereocenters. The van der Waals surface area contributed by atoms with E-state index in [1.54, 1.807) is 30.0 Å². The van der Waals surface area contributed by atoms with Crippen LogP contribution in [0.4, 0.5) is 5.69 Å². The molecule has 0 bridgehead atoms. The standard InChI is InChI=1S/C20H22Cl2N2O3S2/c1-28-17-4-2-3-16(12-17)23-20(25)15-7-9-24(10-8-15)29(26,27)13-14-5-6-18(21)19(22)11-14/h2-6,11-12,15H,7-10,13H2,1H3,(H,23,25). The molecule has 0 aliphatic carbocycles. The van der Waals surface area contributed by atoms with Gasteiger partial charge in [-0.2, -0.15) is 0 Å². The molecular weight excluding hydrogens is 451 g/mol. The number of sulfonamides is 1. The summed E-state index contributed by atoms with van der Waals surface area (Å²) >= 11 is 13.5. The lowest BCUT2D eigenvalue weighted by Crippen LogP contribution is -2.41. The zero-order valence-corrected chi connectivity index (χ0v) is 19.0. The molecule has 3 rings (SSSR count). The van der Waals surface area contributed by atoms with Crippen LogP contribution >= 0.6 is 35.0 Å². The van der Waals surface area contributed by atoms with Gasteiger partial charge >= 0.3 is 0 Å². The molecule has 1 amide bonds. The van der Waals surface area contributed by atoms with E-state index in [-0.39, 0.29) is 17.6 Å². The van der Waals surface area contributed by atoms with Crippen molar-refractivity contribution >= 4 is 56.6 Å². The number of hydrogen-bond acceptors (Lipinski definition) is 4. The highest BCUT2D eigenvalue weighted by atomic mass is 35.5. The minimum atomic E-state index is -3.49. The van der Waals surface area contributed by atoms with Gasteiger partial charge in [-0.1, -0.05) is 35.3 Å². The molecule has 5 nitrogen and oxygen atoms in total. The SMILES string of the molecule is CSc1cccc(NC(=O)C2CCN(S(=O)(=O)Cc3ccc(Cl)c(Cl)c3)CC2)c1. The van der Waals surface area contributed by atoms with Crippen LogP contribution in [-0.4, -0.2) is 38.0 Å². The Morgan fingerprint density at radius 3 is 2.52 bits per heavy atom. The van der Waals surface area contributed by atoms with E-state index in [9.17, 15) is 13.2 Å². The summed E-state index contributed by atoms with van der Waals surface area (Å²) in [4.78, 5) is 13.6. The van der Waals surface area contributed by atoms with Gasteiger partial charge in [0.15, 0.2) is 0 Å². The van der Waals surface area contributed by atoms with E-state index < -0.39 is 10.0 Å². The van der Waals surface area contributed by atoms with E-state index >= 15 is 0 Å². The molecule has 0 spiro atoms. The third kappa shape index (κ3) is 5.89. The van der Waals surface area contributed by atoms with Gasteiger partial charge in [-0.05, 0) is 55.0 Å². The van der Waals surface area contributed by atoms with Gasteiger partial charge in [0.05, 0.1) is 15.8 Å². The maximum Gasteiger partial charge on any atom is 0.227 e. The van der Waals surface area contributed by atoms with E-state index in [0.717, 1.165) is 10.6 Å². The van der Waals surface area contributed by atoms with E-state index in [1.165, 1.54) is 4.31 Å². The number of halogens is 2. The van der Waals surface area contributed by atoms with E-state index in [2.05, 4.69) is 5.32 Å². The van der Waals surface area contributed by atoms with E-state index in [1.807, 2.05) is 30.5 Å². The summed E-state index contributed by atoms with van der Waals surface area (Å²) in [5.74, 6) is -0.406. The van der Waals surface area contributed by atoms with Gasteiger partial charge in [-0.3, -0.25) is 4.79 Å². The Labute approximate surface area is 185 Å². The monoisotopic (exact) mass is 472 g/mol. The van der Waals surface area contributed by atoms with Crippen LogP contribution in [0.15, 0.2) is 47.4 Å². The van der Waals surface area contributed by atoms with Gasteiger partial charge in [-0.15, -0.1) is 11.8 Å². The average Bonchev–Trinajstić information content (AvgIpc) is 2.71. The van der Waals surface area contributed by atoms with Crippen molar-refractivity contribution in [3.63, 3.8) is 0 Å². The number of nitrogens with zero attached hydrogens (tertiary/aromatic N) is 1. The Balaban J connectivity index is 1.57. The number of carbonyl (C=O) groups is 1. The highest BCUT2D eigenvalue weighted by Gasteiger charge is 2.31. The fourth-order valence-electron chi connectivity index (χ4n) is 3.27. The van der Waals surface area contributed by atoms with Crippen LogP contribution in [0.3, 0.4) is 0 Å². The van der Waals surface area contributed by atoms with Gasteiger partial charge in [0, 0.05) is 29.6 Å². The average molecular weight is 473 g/mol. The van der Waals surface area contributed by atoms with E-state index in [4.69, 9.17) is 23.2 Å². The van der Waals surface area contributed by atoms with Gasteiger partial charge < -0.3 is 5.32 Å². The Morgan fingerprint density at radius 1 is 1.14 bits per heavy atom. The fraction of sp³-hybridized carbons (Fsp3) is 0.350. The molecule has 1 heterocycles. The lowest BCUT2D eigenvalue weighted by atomic mass is 9.97. The second-order valence-corrected chi connectivity index (χ2v) is 10.6. The van der Waals surface area contributed by atoms with Gasteiger partial charge in [0.2, 0.25) is 15.9 Å². The Hall–Kier alpha value is -1.25. The molecule has 2 aromatic rings. The lowest BCUT2D eigenvalue weighted by molar-refractivity contribution is -0.120. The molecule has 1 aliphatic rings. The first-order chi connectivity index (χ1) is 13.8. The first-order valence-electron chi connectivity index (χ1n) is 9.15. The maximum atomic E-state index is 12.7. The molecule has 1 aliphatic heterocycles. The van der Waals surface area contributed by atoms with Gasteiger partial charge in [0.25, 0.3) is 0 Å². The van der Waals surface area contributed by atoms with Crippen LogP contribution in [0.25, 0.3) is 0 Å². The Morgan fingerprint density at radius 2 is 1.86 bits per heavy atom. The number of piperidine rings is 1. The zero-order chi connectivity index (χ0) is 21.0. The summed E-state index contributed by atoms with van der Waals surface area (Å²) in [5.41, 5.74) is 1.35. The van der Waals surface area contributed by atoms with Crippen molar-refractivity contribution in [3.8, 4) is 0 Å². The number of nitrogens with one attached hydrogen (secondary N) is 1. The van der Waals surface area contributed by atoms with Gasteiger partial charge in [-0.25, -0.2) is 12.7 Å². The molecule has 0 radical (unpaired) electrons. The quantitative estimate of drug-likeness (QED) is 0.607. The zero-order valence-electron chi connectivity index (χ0n) is 15.9. The third-order valence-corrected chi connectivity index (χ3v) is 8.20. The Bertz CT molecular complexity index is 991. The third-order valence-electron chi connectivity index (χ3n) is 4.89. The van der Waals surface area contributed by atoms with E-state index in [0.29, 0.717) is 41.5 Å². The summed E-state index contributed by atoms with van der Waals surface area (Å²) < 4.78 is 26.9. The summed E-state index contributed by atoms with van der Waals surface area (Å²) in [6.07, 6.45) is 2.97. The number of carbonyl (C=O) groups excluding carboxylic acids is 1. The van der Waals surface area contributed by atoms with Crippen LogP contribution < -0.4 is 5.32 Å². The van der Waals surface area contributed by atoms with Crippen molar-refractivity contribution in [1.82, 2.24) is 4.31 Å². The summed E-state index contributed by atoms with van der Waals surface area (Å²) in [6, 6.07) is 12.5. The molecule has 156 valence electrons. The highest BCUT2D eigenvalue weighted by Crippen LogP contribution is 2.27. The van der Waals surface area contributed by atoms with Crippen molar-refractivity contribution in [2.24, 2.45) is 5.92 Å². The second kappa shape index (κ2) is 9.71. The molecule has 1 fully saturated rings. The van der Waals surface area contributed by atoms with Crippen LogP contribution in [-0.2, 0) is 20.6 Å². The highest BCUT2D eigenvalue weighted by molar-refractivity contribution is 7.98. The number of amides is 1. The minimum Gasteiger partial charge on any atom is -0.326 e. The summed E-state index contributed by atoms with van der Waals surface area (Å²) in [6.45, 7) is 0.652. The second-order valence-electron chi connectivity index (χ2n) is 6.90. The summed E-state index contributed by atoms with van der Waals surface area (Å²) in [5, 5.41) is 3.67. The normalized spacial score (nSPS) is 16.0. The lowest BCUT2D eigenvalue weighted by Gasteiger charge is -2.30. The van der Waals surface area contributed by atoms with Crippen LogP contribution in [0.1, 0.15) is 18.4 Å². The number of thioether (sulfide) groups is 1. The molecule has 29 heavy (non-hydrogen) atoms. The largest absolute Gasteiger partial charge is 0.326 e. The number of anilines is 1. The van der Waals surface area contributed by atoms with Crippen LogP contribution in [0, 0.1) is 5.92 Å². The molecule has 0 unspecified atom stereocenters. The fourth-order valence-corrected chi connectivity index (χ4v) is 5.60. The van der Waals surface area contributed by atoms with Gasteiger partial charge in [0.1, 0.15) is 0 Å². The maximum absolute atomic E-state index is 12.7. The minimum absolute atomic E-state index is 0.0650. The first kappa shape index (κ1) is 22.4. The van der Waals surface area contributed by atoms with Crippen LogP contribution in [0.2, 0.25) is 10.0 Å². The van der Waals surface area contributed by atoms with Crippen molar-refractivity contribution in [2.75, 3.05) is 24.7 Å². The van der Waals surface area contributed by atoms with Crippen molar-refractivity contribution < 1.29 is 13.2 Å². The number of benzene rings is 2. The molecule has 1 N–H and O–H groups in total. The summed E-state index contributed by atoms with van der Waals surface area (Å²) in [7, 11) is -3.49. The number of hydrogen-bond donors (Lipinski definition) is 1. The molecule has 9 heteroatoms. The molecule has 0 saturated carbocycles. The van der Waals surface area contributed by atoms with Crippen molar-refractivity contribution in [3.05, 3.63) is 58.1 Å². The predicted octanol–water partition coefficient (Wildman–Crippen LogP) is 4.90. The smallest absolute Gasteiger partial charge is 0.227 e. The first-order valence-corrected chi connectivity index (χ1v) is 12.7. The molecule has 0 aromatic heterocycles. The Kier molecular flexibility index (Phi) is 7.51. The van der Waals surface area contributed by atoms with Crippen LogP contribution in [0.5, 0.6) is 0 Å². The predicted molar refractivity (Wildman–Crippen MR) is 120 cm³/mol. The van der Waals surface area contributed by atoms with Crippen molar-refractivity contribution in [2.45, 2.75) is 23.5 Å². The number of rotatable bonds is 6. The molecule has 2 aromatic carbocycles.